The van der Waals surface area contributed by atoms with E-state index in [9.17, 15) is 24.3 Å². The van der Waals surface area contributed by atoms with Crippen molar-refractivity contribution in [3.8, 4) is 0 Å². The third-order valence-electron chi connectivity index (χ3n) is 6.97. The first-order valence-corrected chi connectivity index (χ1v) is 11.9. The number of likely N-dealkylation sites (N-methyl/N-ethyl adjacent to an activating group) is 2. The van der Waals surface area contributed by atoms with Gasteiger partial charge in [0.15, 0.2) is 0 Å². The topological polar surface area (TPSA) is 124 Å². The molecular formula is C25H38N4O5. The minimum atomic E-state index is -1.09. The van der Waals surface area contributed by atoms with E-state index >= 15 is 0 Å². The van der Waals surface area contributed by atoms with Crippen LogP contribution in [0.25, 0.3) is 0 Å². The molecule has 1 aromatic carbocycles. The molecule has 9 nitrogen and oxygen atoms in total. The van der Waals surface area contributed by atoms with Crippen LogP contribution in [0.15, 0.2) is 30.3 Å². The summed E-state index contributed by atoms with van der Waals surface area (Å²) in [5.41, 5.74) is 6.87. The Morgan fingerprint density at radius 1 is 1.15 bits per heavy atom. The number of carboxylic acid groups (broad SMARTS) is 1. The summed E-state index contributed by atoms with van der Waals surface area (Å²) in [6.07, 6.45) is 1.37. The highest BCUT2D eigenvalue weighted by Gasteiger charge is 2.44. The van der Waals surface area contributed by atoms with Gasteiger partial charge in [-0.2, -0.15) is 0 Å². The second-order valence-electron chi connectivity index (χ2n) is 9.04. The first-order chi connectivity index (χ1) is 16.0. The van der Waals surface area contributed by atoms with Crippen LogP contribution >= 0.6 is 0 Å². The van der Waals surface area contributed by atoms with Gasteiger partial charge >= 0.3 is 5.97 Å². The van der Waals surface area contributed by atoms with E-state index in [2.05, 4.69) is 0 Å². The van der Waals surface area contributed by atoms with E-state index in [1.165, 1.54) is 14.7 Å². The summed E-state index contributed by atoms with van der Waals surface area (Å²) in [5.74, 6) is -2.16. The molecule has 0 saturated carbocycles. The van der Waals surface area contributed by atoms with Crippen LogP contribution in [0.2, 0.25) is 0 Å². The summed E-state index contributed by atoms with van der Waals surface area (Å²) >= 11 is 0. The zero-order chi connectivity index (χ0) is 25.6. The van der Waals surface area contributed by atoms with E-state index in [1.54, 1.807) is 20.9 Å². The Bertz CT molecular complexity index is 877. The number of hydrogen-bond donors (Lipinski definition) is 2. The minimum Gasteiger partial charge on any atom is -0.480 e. The van der Waals surface area contributed by atoms with Crippen molar-refractivity contribution in [3.05, 3.63) is 35.9 Å². The van der Waals surface area contributed by atoms with E-state index < -0.39 is 30.1 Å². The van der Waals surface area contributed by atoms with Gasteiger partial charge in [0.25, 0.3) is 0 Å². The number of likely N-dealkylation sites (tertiary alicyclic amines) is 1. The molecule has 0 unspecified atom stereocenters. The second-order valence-corrected chi connectivity index (χ2v) is 9.04. The van der Waals surface area contributed by atoms with E-state index in [1.807, 2.05) is 44.2 Å². The van der Waals surface area contributed by atoms with Gasteiger partial charge in [0, 0.05) is 26.6 Å². The number of aliphatic carboxylic acids is 1. The molecule has 0 radical (unpaired) electrons. The van der Waals surface area contributed by atoms with Gasteiger partial charge in [0.05, 0.1) is 6.04 Å². The van der Waals surface area contributed by atoms with Gasteiger partial charge in [-0.3, -0.25) is 14.4 Å². The smallest absolute Gasteiger partial charge is 0.326 e. The van der Waals surface area contributed by atoms with Gasteiger partial charge in [-0.1, -0.05) is 50.6 Å². The van der Waals surface area contributed by atoms with Gasteiger partial charge in [-0.15, -0.1) is 0 Å². The molecule has 3 amide bonds. The highest BCUT2D eigenvalue weighted by Crippen LogP contribution is 2.24. The fourth-order valence-electron chi connectivity index (χ4n) is 4.13. The Morgan fingerprint density at radius 3 is 2.24 bits per heavy atom. The number of amides is 3. The van der Waals surface area contributed by atoms with Gasteiger partial charge < -0.3 is 25.5 Å². The van der Waals surface area contributed by atoms with Crippen molar-refractivity contribution in [1.29, 1.82) is 0 Å². The van der Waals surface area contributed by atoms with Crippen molar-refractivity contribution in [3.63, 3.8) is 0 Å². The van der Waals surface area contributed by atoms with Gasteiger partial charge in [-0.25, -0.2) is 4.79 Å². The van der Waals surface area contributed by atoms with E-state index in [-0.39, 0.29) is 36.6 Å². The lowest BCUT2D eigenvalue weighted by molar-refractivity contribution is -0.161. The van der Waals surface area contributed by atoms with E-state index in [0.29, 0.717) is 13.0 Å². The predicted octanol–water partition coefficient (Wildman–Crippen LogP) is 1.35. The van der Waals surface area contributed by atoms with Crippen molar-refractivity contribution in [2.75, 3.05) is 20.1 Å². The first-order valence-electron chi connectivity index (χ1n) is 11.9. The highest BCUT2D eigenvalue weighted by atomic mass is 16.4. The Kier molecular flexibility index (Phi) is 9.61. The standard InChI is InChI=1S/C25H38N4O5/c1-6-16(3)21(26)24(32)27(5)17(4)22(30)29-14-13-19(29)23(31)28(7-2)20(25(33)34)15-18-11-9-8-10-12-18/h8-12,16-17,19-21H,6-7,13-15,26H2,1-5H3,(H,33,34)/t16-,17-,19-,20-,21-/m0/s1. The number of carbonyl (C=O) groups is 4. The average Bonchev–Trinajstić information content (AvgIpc) is 2.81. The van der Waals surface area contributed by atoms with Crippen LogP contribution in [-0.2, 0) is 25.6 Å². The summed E-state index contributed by atoms with van der Waals surface area (Å²) in [4.78, 5) is 55.4. The van der Waals surface area contributed by atoms with Crippen LogP contribution in [0.1, 0.15) is 46.1 Å². The van der Waals surface area contributed by atoms with Crippen molar-refractivity contribution >= 4 is 23.7 Å². The fraction of sp³-hybridized carbons (Fsp3) is 0.600. The quantitative estimate of drug-likeness (QED) is 0.499. The molecule has 1 fully saturated rings. The van der Waals surface area contributed by atoms with Crippen molar-refractivity contribution in [2.45, 2.75) is 71.1 Å². The van der Waals surface area contributed by atoms with Crippen LogP contribution in [0, 0.1) is 5.92 Å². The van der Waals surface area contributed by atoms with Gasteiger partial charge in [-0.05, 0) is 31.7 Å². The number of carbonyl (C=O) groups excluding carboxylic acids is 3. The third kappa shape index (κ3) is 5.94. The van der Waals surface area contributed by atoms with Crippen LogP contribution in [0.4, 0.5) is 0 Å². The second kappa shape index (κ2) is 12.0. The lowest BCUT2D eigenvalue weighted by atomic mass is 9.96. The van der Waals surface area contributed by atoms with Crippen molar-refractivity contribution in [2.24, 2.45) is 11.7 Å². The zero-order valence-electron chi connectivity index (χ0n) is 20.8. The van der Waals surface area contributed by atoms with E-state index in [0.717, 1.165) is 12.0 Å². The maximum Gasteiger partial charge on any atom is 0.326 e. The van der Waals surface area contributed by atoms with Gasteiger partial charge in [0.2, 0.25) is 17.7 Å². The lowest BCUT2D eigenvalue weighted by Gasteiger charge is -2.45. The molecule has 0 spiro atoms. The Morgan fingerprint density at radius 2 is 1.76 bits per heavy atom. The molecule has 0 bridgehead atoms. The Hall–Kier alpha value is -2.94. The Labute approximate surface area is 201 Å². The van der Waals surface area contributed by atoms with Gasteiger partial charge in [0.1, 0.15) is 18.1 Å². The number of hydrogen-bond acceptors (Lipinski definition) is 5. The Balaban J connectivity index is 2.13. The molecule has 0 aromatic heterocycles. The summed E-state index contributed by atoms with van der Waals surface area (Å²) in [6.45, 7) is 7.78. The third-order valence-corrected chi connectivity index (χ3v) is 6.97. The molecule has 1 heterocycles. The number of nitrogens with zero attached hydrogens (tertiary/aromatic N) is 3. The van der Waals surface area contributed by atoms with Crippen LogP contribution < -0.4 is 5.73 Å². The molecule has 0 aliphatic carbocycles. The summed E-state index contributed by atoms with van der Waals surface area (Å²) in [7, 11) is 1.54. The maximum atomic E-state index is 13.3. The normalized spacial score (nSPS) is 18.8. The SMILES string of the molecule is CC[C@H](C)[C@H](N)C(=O)N(C)[C@@H](C)C(=O)N1CC[C@H]1C(=O)N(CC)[C@@H](Cc1ccccc1)C(=O)O. The first kappa shape index (κ1) is 27.3. The monoisotopic (exact) mass is 474 g/mol. The number of rotatable bonds is 11. The highest BCUT2D eigenvalue weighted by molar-refractivity contribution is 5.95. The molecule has 3 N–H and O–H groups in total. The summed E-state index contributed by atoms with van der Waals surface area (Å²) < 4.78 is 0. The molecule has 188 valence electrons. The van der Waals surface area contributed by atoms with Crippen molar-refractivity contribution < 1.29 is 24.3 Å². The van der Waals surface area contributed by atoms with Crippen molar-refractivity contribution in [1.82, 2.24) is 14.7 Å². The van der Waals surface area contributed by atoms with Crippen LogP contribution in [-0.4, -0.2) is 87.8 Å². The molecular weight excluding hydrogens is 436 g/mol. The van der Waals surface area contributed by atoms with E-state index in [4.69, 9.17) is 5.73 Å². The van der Waals surface area contributed by atoms with Crippen LogP contribution in [0.3, 0.4) is 0 Å². The number of benzene rings is 1. The maximum absolute atomic E-state index is 13.3. The largest absolute Gasteiger partial charge is 0.480 e. The molecule has 1 aromatic rings. The zero-order valence-corrected chi connectivity index (χ0v) is 20.8. The molecule has 9 heteroatoms. The number of carboxylic acids is 1. The predicted molar refractivity (Wildman–Crippen MR) is 129 cm³/mol. The van der Waals surface area contributed by atoms with Crippen LogP contribution in [0.5, 0.6) is 0 Å². The summed E-state index contributed by atoms with van der Waals surface area (Å²) in [5, 5.41) is 9.84. The minimum absolute atomic E-state index is 0.0220. The molecule has 2 rings (SSSR count). The average molecular weight is 475 g/mol. The fourth-order valence-corrected chi connectivity index (χ4v) is 4.13. The summed E-state index contributed by atoms with van der Waals surface area (Å²) in [6, 6.07) is 5.89. The molecule has 1 saturated heterocycles. The molecule has 1 aliphatic heterocycles. The molecule has 1 aliphatic rings. The lowest BCUT2D eigenvalue weighted by Crippen LogP contribution is -2.64. The number of nitrogens with two attached hydrogens (primary N) is 1. The molecule has 5 atom stereocenters. The molecule has 34 heavy (non-hydrogen) atoms.